The second-order valence-electron chi connectivity index (χ2n) is 6.90. The maximum atomic E-state index is 12.6. The van der Waals surface area contributed by atoms with Gasteiger partial charge in [-0.15, -0.1) is 11.3 Å². The molecule has 2 fully saturated rings. The van der Waals surface area contributed by atoms with Crippen molar-refractivity contribution in [3.8, 4) is 0 Å². The molecule has 4 rings (SSSR count). The first-order chi connectivity index (χ1) is 11.4. The summed E-state index contributed by atoms with van der Waals surface area (Å²) in [4.78, 5) is 26.2. The number of rotatable bonds is 4. The van der Waals surface area contributed by atoms with Crippen LogP contribution in [0.1, 0.15) is 46.5 Å². The first-order valence-electron chi connectivity index (χ1n) is 8.39. The van der Waals surface area contributed by atoms with Crippen molar-refractivity contribution in [2.45, 2.75) is 44.6 Å². The van der Waals surface area contributed by atoms with Crippen LogP contribution >= 0.6 is 11.3 Å². The van der Waals surface area contributed by atoms with Gasteiger partial charge in [-0.2, -0.15) is 0 Å². The molecule has 130 valence electrons. The van der Waals surface area contributed by atoms with Crippen molar-refractivity contribution in [1.29, 1.82) is 0 Å². The second-order valence-corrected chi connectivity index (χ2v) is 10.2. The number of fused-ring (bicyclic) bond motifs is 1. The molecular weight excluding hydrogens is 348 g/mol. The number of nitrogens with one attached hydrogen (secondary N) is 2. The molecule has 2 heterocycles. The maximum absolute atomic E-state index is 12.6. The lowest BCUT2D eigenvalue weighted by Crippen LogP contribution is -2.28. The van der Waals surface area contributed by atoms with Gasteiger partial charge < -0.3 is 10.6 Å². The van der Waals surface area contributed by atoms with E-state index in [9.17, 15) is 18.0 Å². The predicted molar refractivity (Wildman–Crippen MR) is 92.2 cm³/mol. The number of sulfone groups is 1. The van der Waals surface area contributed by atoms with Crippen molar-refractivity contribution >= 4 is 38.0 Å². The van der Waals surface area contributed by atoms with Crippen molar-refractivity contribution < 1.29 is 18.0 Å². The largest absolute Gasteiger partial charge is 0.349 e. The van der Waals surface area contributed by atoms with E-state index in [2.05, 4.69) is 10.6 Å². The Morgan fingerprint density at radius 2 is 1.92 bits per heavy atom. The van der Waals surface area contributed by atoms with E-state index < -0.39 is 15.8 Å². The fourth-order valence-corrected chi connectivity index (χ4v) is 6.46. The Morgan fingerprint density at radius 3 is 2.58 bits per heavy atom. The second kappa shape index (κ2) is 5.84. The summed E-state index contributed by atoms with van der Waals surface area (Å²) in [6.07, 6.45) is 5.24. The number of hydrogen-bond donors (Lipinski definition) is 2. The summed E-state index contributed by atoms with van der Waals surface area (Å²) >= 11 is 1.47. The zero-order valence-corrected chi connectivity index (χ0v) is 14.9. The molecule has 0 radical (unpaired) electrons. The molecule has 2 N–H and O–H groups in total. The van der Waals surface area contributed by atoms with Gasteiger partial charge in [-0.25, -0.2) is 8.42 Å². The Labute approximate surface area is 144 Å². The van der Waals surface area contributed by atoms with Crippen LogP contribution in [0.3, 0.4) is 0 Å². The molecule has 1 aliphatic heterocycles. The summed E-state index contributed by atoms with van der Waals surface area (Å²) in [6, 6.07) is 0.262. The van der Waals surface area contributed by atoms with E-state index in [1.807, 2.05) is 0 Å². The predicted octanol–water partition coefficient (Wildman–Crippen LogP) is 1.50. The normalized spacial score (nSPS) is 24.6. The third-order valence-corrected chi connectivity index (χ3v) is 7.88. The molecule has 1 unspecified atom stereocenters. The van der Waals surface area contributed by atoms with Crippen LogP contribution in [0.4, 0.5) is 5.00 Å². The van der Waals surface area contributed by atoms with Gasteiger partial charge in [0.25, 0.3) is 5.91 Å². The van der Waals surface area contributed by atoms with Gasteiger partial charge in [0, 0.05) is 10.9 Å². The van der Waals surface area contributed by atoms with Crippen molar-refractivity contribution in [2.24, 2.45) is 5.92 Å². The molecule has 6 nitrogen and oxygen atoms in total. The number of anilines is 1. The lowest BCUT2D eigenvalue weighted by molar-refractivity contribution is -0.119. The van der Waals surface area contributed by atoms with Crippen LogP contribution in [0.25, 0.3) is 0 Å². The molecule has 2 amide bonds. The highest BCUT2D eigenvalue weighted by atomic mass is 32.2. The van der Waals surface area contributed by atoms with Gasteiger partial charge >= 0.3 is 0 Å². The highest BCUT2D eigenvalue weighted by Crippen LogP contribution is 2.40. The average molecular weight is 368 g/mol. The SMILES string of the molecule is O=C(NC1CC1)c1c(NC(=O)C2CCS(=O)(=O)C2)sc2c1CCC2. The Bertz CT molecular complexity index is 808. The number of carbonyl (C=O) groups is 2. The maximum Gasteiger partial charge on any atom is 0.254 e. The molecular formula is C16H20N2O4S2. The molecule has 2 aliphatic carbocycles. The zero-order chi connectivity index (χ0) is 16.9. The number of thiophene rings is 1. The minimum Gasteiger partial charge on any atom is -0.349 e. The number of carbonyl (C=O) groups excluding carboxylic acids is 2. The van der Waals surface area contributed by atoms with E-state index in [1.54, 1.807) is 0 Å². The number of amides is 2. The molecule has 1 aromatic rings. The summed E-state index contributed by atoms with van der Waals surface area (Å²) in [5, 5.41) is 6.44. The topological polar surface area (TPSA) is 92.3 Å². The molecule has 0 aromatic carbocycles. The van der Waals surface area contributed by atoms with Crippen LogP contribution < -0.4 is 10.6 Å². The molecule has 0 spiro atoms. The molecule has 1 atom stereocenters. The highest BCUT2D eigenvalue weighted by molar-refractivity contribution is 7.91. The number of hydrogen-bond acceptors (Lipinski definition) is 5. The van der Waals surface area contributed by atoms with E-state index in [0.717, 1.165) is 37.7 Å². The highest BCUT2D eigenvalue weighted by Gasteiger charge is 2.35. The molecule has 0 bridgehead atoms. The quantitative estimate of drug-likeness (QED) is 0.842. The van der Waals surface area contributed by atoms with Crippen LogP contribution in [-0.4, -0.2) is 37.8 Å². The monoisotopic (exact) mass is 368 g/mol. The number of aryl methyl sites for hydroxylation is 1. The van der Waals surface area contributed by atoms with Crippen molar-refractivity contribution in [1.82, 2.24) is 5.32 Å². The van der Waals surface area contributed by atoms with Crippen LogP contribution in [0.2, 0.25) is 0 Å². The summed E-state index contributed by atoms with van der Waals surface area (Å²) in [5.74, 6) is -0.914. The molecule has 24 heavy (non-hydrogen) atoms. The molecule has 3 aliphatic rings. The zero-order valence-electron chi connectivity index (χ0n) is 13.3. The lowest BCUT2D eigenvalue weighted by Gasteiger charge is -2.11. The fraction of sp³-hybridized carbons (Fsp3) is 0.625. The Kier molecular flexibility index (Phi) is 3.91. The van der Waals surface area contributed by atoms with Crippen molar-refractivity contribution in [3.05, 3.63) is 16.0 Å². The third-order valence-electron chi connectivity index (χ3n) is 4.90. The van der Waals surface area contributed by atoms with E-state index >= 15 is 0 Å². The third kappa shape index (κ3) is 3.09. The summed E-state index contributed by atoms with van der Waals surface area (Å²) in [6.45, 7) is 0. The van der Waals surface area contributed by atoms with Crippen LogP contribution in [-0.2, 0) is 27.5 Å². The standard InChI is InChI=1S/C16H20N2O4S2/c19-14(9-6-7-24(21,22)8-9)18-16-13(15(20)17-10-4-5-10)11-2-1-3-12(11)23-16/h9-10H,1-8H2,(H,17,20)(H,18,19). The van der Waals surface area contributed by atoms with Crippen LogP contribution in [0.5, 0.6) is 0 Å². The Morgan fingerprint density at radius 1 is 1.12 bits per heavy atom. The molecule has 1 aromatic heterocycles. The Hall–Kier alpha value is -1.41. The van der Waals surface area contributed by atoms with Crippen molar-refractivity contribution in [3.63, 3.8) is 0 Å². The minimum absolute atomic E-state index is 0.0705. The average Bonchev–Trinajstić information content (AvgIpc) is 2.91. The van der Waals surface area contributed by atoms with Gasteiger partial charge in [0.1, 0.15) is 5.00 Å². The first-order valence-corrected chi connectivity index (χ1v) is 11.0. The van der Waals surface area contributed by atoms with Gasteiger partial charge in [0.05, 0.1) is 23.0 Å². The van der Waals surface area contributed by atoms with E-state index in [-0.39, 0.29) is 29.4 Å². The van der Waals surface area contributed by atoms with E-state index in [0.29, 0.717) is 17.0 Å². The fourth-order valence-electron chi connectivity index (χ4n) is 3.43. The summed E-state index contributed by atoms with van der Waals surface area (Å²) < 4.78 is 23.1. The van der Waals surface area contributed by atoms with E-state index in [1.165, 1.54) is 16.2 Å². The lowest BCUT2D eigenvalue weighted by atomic mass is 10.1. The van der Waals surface area contributed by atoms with Gasteiger partial charge in [0.2, 0.25) is 5.91 Å². The van der Waals surface area contributed by atoms with Crippen molar-refractivity contribution in [2.75, 3.05) is 16.8 Å². The van der Waals surface area contributed by atoms with Crippen LogP contribution in [0, 0.1) is 5.92 Å². The Balaban J connectivity index is 1.56. The summed E-state index contributed by atoms with van der Waals surface area (Å²) in [7, 11) is -3.10. The molecule has 1 saturated heterocycles. The van der Waals surface area contributed by atoms with Crippen LogP contribution in [0.15, 0.2) is 0 Å². The minimum atomic E-state index is -3.10. The molecule has 8 heteroatoms. The first kappa shape index (κ1) is 16.1. The molecule has 1 saturated carbocycles. The van der Waals surface area contributed by atoms with Gasteiger partial charge in [-0.3, -0.25) is 9.59 Å². The van der Waals surface area contributed by atoms with E-state index in [4.69, 9.17) is 0 Å². The van der Waals surface area contributed by atoms with Gasteiger partial charge in [0.15, 0.2) is 9.84 Å². The smallest absolute Gasteiger partial charge is 0.254 e. The summed E-state index contributed by atoms with van der Waals surface area (Å²) in [5.41, 5.74) is 1.67. The van der Waals surface area contributed by atoms with Gasteiger partial charge in [-0.05, 0) is 44.1 Å². The van der Waals surface area contributed by atoms with Gasteiger partial charge in [-0.1, -0.05) is 0 Å².